The summed E-state index contributed by atoms with van der Waals surface area (Å²) < 4.78 is 5.08. The Morgan fingerprint density at radius 2 is 2.04 bits per heavy atom. The van der Waals surface area contributed by atoms with Gasteiger partial charge >= 0.3 is 0 Å². The highest BCUT2D eigenvalue weighted by atomic mass is 35.5. The lowest BCUT2D eigenvalue weighted by Gasteiger charge is -2.02. The Morgan fingerprint density at radius 3 is 2.81 bits per heavy atom. The van der Waals surface area contributed by atoms with Crippen LogP contribution in [0.1, 0.15) is 12.2 Å². The van der Waals surface area contributed by atoms with Gasteiger partial charge in [0.25, 0.3) is 0 Å². The summed E-state index contributed by atoms with van der Waals surface area (Å²) in [6.45, 7) is 0.198. The predicted octanol–water partition coefficient (Wildman–Crippen LogP) is 3.61. The molecule has 0 saturated carbocycles. The van der Waals surface area contributed by atoms with Crippen LogP contribution in [0.3, 0.4) is 0 Å². The number of carbonyl (C=O) groups excluding carboxylic acids is 2. The van der Waals surface area contributed by atoms with Crippen LogP contribution in [0.5, 0.6) is 0 Å². The Hall–Kier alpha value is -2.97. The first-order valence-electron chi connectivity index (χ1n) is 7.99. The van der Waals surface area contributed by atoms with Gasteiger partial charge in [-0.15, -0.1) is 10.2 Å². The van der Waals surface area contributed by atoms with E-state index in [1.807, 2.05) is 18.2 Å². The second-order valence-corrected chi connectivity index (χ2v) is 6.71. The number of nitrogens with zero attached hydrogens (tertiary/aromatic N) is 2. The molecule has 2 aromatic heterocycles. The smallest absolute Gasteiger partial charge is 0.244 e. The van der Waals surface area contributed by atoms with Crippen LogP contribution in [0.4, 0.5) is 5.13 Å². The minimum atomic E-state index is -0.309. The van der Waals surface area contributed by atoms with Gasteiger partial charge < -0.3 is 15.1 Å². The Kier molecular flexibility index (Phi) is 6.35. The lowest BCUT2D eigenvalue weighted by atomic mass is 10.2. The number of halogens is 1. The fraction of sp³-hybridized carbons (Fsp3) is 0.111. The maximum Gasteiger partial charge on any atom is 0.244 e. The first kappa shape index (κ1) is 18.8. The predicted molar refractivity (Wildman–Crippen MR) is 104 cm³/mol. The van der Waals surface area contributed by atoms with Gasteiger partial charge in [0.1, 0.15) is 5.76 Å². The van der Waals surface area contributed by atoms with Gasteiger partial charge in [0.05, 0.1) is 11.3 Å². The molecule has 0 fully saturated rings. The minimum Gasteiger partial charge on any atom is -0.465 e. The Balaban J connectivity index is 1.45. The molecule has 138 valence electrons. The van der Waals surface area contributed by atoms with E-state index < -0.39 is 0 Å². The number of anilines is 1. The van der Waals surface area contributed by atoms with Gasteiger partial charge in [0, 0.05) is 24.6 Å². The molecule has 27 heavy (non-hydrogen) atoms. The SMILES string of the molecule is O=C(/C=C/c1ccco1)NCCC(=O)Nc1nnc(-c2ccccc2Cl)s1. The molecule has 2 heterocycles. The van der Waals surface area contributed by atoms with Crippen molar-refractivity contribution in [1.82, 2.24) is 15.5 Å². The summed E-state index contributed by atoms with van der Waals surface area (Å²) >= 11 is 7.36. The molecule has 0 saturated heterocycles. The number of amides is 2. The van der Waals surface area contributed by atoms with E-state index in [1.165, 1.54) is 23.7 Å². The topological polar surface area (TPSA) is 97.1 Å². The van der Waals surface area contributed by atoms with Gasteiger partial charge in [-0.1, -0.05) is 41.1 Å². The monoisotopic (exact) mass is 402 g/mol. The highest BCUT2D eigenvalue weighted by molar-refractivity contribution is 7.18. The number of hydrogen-bond acceptors (Lipinski definition) is 6. The van der Waals surface area contributed by atoms with Gasteiger partial charge in [-0.05, 0) is 24.3 Å². The van der Waals surface area contributed by atoms with Crippen molar-refractivity contribution in [3.63, 3.8) is 0 Å². The van der Waals surface area contributed by atoms with Gasteiger partial charge in [-0.2, -0.15) is 0 Å². The van der Waals surface area contributed by atoms with E-state index in [0.29, 0.717) is 20.9 Å². The molecule has 0 aliphatic rings. The zero-order valence-corrected chi connectivity index (χ0v) is 15.6. The van der Waals surface area contributed by atoms with Crippen molar-refractivity contribution in [3.05, 3.63) is 59.5 Å². The number of benzene rings is 1. The number of furan rings is 1. The van der Waals surface area contributed by atoms with E-state index >= 15 is 0 Å². The van der Waals surface area contributed by atoms with E-state index in [4.69, 9.17) is 16.0 Å². The average Bonchev–Trinajstić information content (AvgIpc) is 3.32. The third kappa shape index (κ3) is 5.50. The minimum absolute atomic E-state index is 0.112. The second kappa shape index (κ2) is 9.11. The van der Waals surface area contributed by atoms with Crippen LogP contribution in [0.25, 0.3) is 16.6 Å². The molecule has 3 aromatic rings. The van der Waals surface area contributed by atoms with Crippen molar-refractivity contribution in [2.75, 3.05) is 11.9 Å². The van der Waals surface area contributed by atoms with Crippen LogP contribution in [0.2, 0.25) is 5.02 Å². The number of nitrogens with one attached hydrogen (secondary N) is 2. The zero-order valence-electron chi connectivity index (χ0n) is 14.0. The second-order valence-electron chi connectivity index (χ2n) is 5.33. The van der Waals surface area contributed by atoms with E-state index in [1.54, 1.807) is 24.3 Å². The van der Waals surface area contributed by atoms with Gasteiger partial charge in [-0.3, -0.25) is 9.59 Å². The third-order valence-corrected chi connectivity index (χ3v) is 4.57. The fourth-order valence-corrected chi connectivity index (χ4v) is 3.18. The van der Waals surface area contributed by atoms with Crippen LogP contribution >= 0.6 is 22.9 Å². The summed E-state index contributed by atoms with van der Waals surface area (Å²) in [5, 5.41) is 14.8. The van der Waals surface area contributed by atoms with Crippen molar-refractivity contribution in [2.24, 2.45) is 0 Å². The Labute approximate surface area is 164 Å². The zero-order chi connectivity index (χ0) is 19.1. The molecule has 0 aliphatic heterocycles. The molecule has 2 N–H and O–H groups in total. The molecule has 0 aliphatic carbocycles. The maximum absolute atomic E-state index is 12.0. The lowest BCUT2D eigenvalue weighted by molar-refractivity contribution is -0.117. The summed E-state index contributed by atoms with van der Waals surface area (Å²) in [6.07, 6.45) is 4.53. The Bertz CT molecular complexity index is 953. The van der Waals surface area contributed by atoms with Gasteiger partial charge in [-0.25, -0.2) is 0 Å². The molecule has 2 amide bonds. The van der Waals surface area contributed by atoms with E-state index in [2.05, 4.69) is 20.8 Å². The molecule has 0 spiro atoms. The van der Waals surface area contributed by atoms with Crippen LogP contribution < -0.4 is 10.6 Å². The number of aromatic nitrogens is 2. The highest BCUT2D eigenvalue weighted by Crippen LogP contribution is 2.31. The van der Waals surface area contributed by atoms with Crippen LogP contribution in [-0.2, 0) is 9.59 Å². The van der Waals surface area contributed by atoms with Gasteiger partial charge in [0.2, 0.25) is 16.9 Å². The van der Waals surface area contributed by atoms with Crippen LogP contribution in [-0.4, -0.2) is 28.6 Å². The quantitative estimate of drug-likeness (QED) is 0.588. The molecule has 0 unspecified atom stereocenters. The number of carbonyl (C=O) groups is 2. The maximum atomic E-state index is 12.0. The van der Waals surface area contributed by atoms with E-state index in [0.717, 1.165) is 5.56 Å². The number of rotatable bonds is 7. The third-order valence-electron chi connectivity index (χ3n) is 3.37. The summed E-state index contributed by atoms with van der Waals surface area (Å²) in [7, 11) is 0. The van der Waals surface area contributed by atoms with Crippen LogP contribution in [0, 0.1) is 0 Å². The molecule has 0 radical (unpaired) electrons. The Morgan fingerprint density at radius 1 is 1.19 bits per heavy atom. The van der Waals surface area contributed by atoms with Crippen LogP contribution in [0.15, 0.2) is 53.2 Å². The standard InChI is InChI=1S/C18H15ClN4O3S/c19-14-6-2-1-5-13(14)17-22-23-18(27-17)21-16(25)9-10-20-15(24)8-7-12-4-3-11-26-12/h1-8,11H,9-10H2,(H,20,24)(H,21,23,25)/b8-7+. The largest absolute Gasteiger partial charge is 0.465 e. The first-order valence-corrected chi connectivity index (χ1v) is 9.19. The van der Waals surface area contributed by atoms with Crippen molar-refractivity contribution < 1.29 is 14.0 Å². The lowest BCUT2D eigenvalue weighted by Crippen LogP contribution is -2.26. The summed E-state index contributed by atoms with van der Waals surface area (Å²) in [4.78, 5) is 23.6. The molecular formula is C18H15ClN4O3S. The van der Waals surface area contributed by atoms with Crippen molar-refractivity contribution in [1.29, 1.82) is 0 Å². The molecule has 9 heteroatoms. The molecular weight excluding hydrogens is 388 g/mol. The molecule has 0 bridgehead atoms. The molecule has 7 nitrogen and oxygen atoms in total. The fourth-order valence-electron chi connectivity index (χ4n) is 2.10. The van der Waals surface area contributed by atoms with E-state index in [9.17, 15) is 9.59 Å². The summed E-state index contributed by atoms with van der Waals surface area (Å²) in [6, 6.07) is 10.7. The van der Waals surface area contributed by atoms with E-state index in [-0.39, 0.29) is 24.8 Å². The average molecular weight is 403 g/mol. The molecule has 0 atom stereocenters. The first-order chi connectivity index (χ1) is 13.1. The van der Waals surface area contributed by atoms with Crippen molar-refractivity contribution >= 4 is 46.0 Å². The van der Waals surface area contributed by atoms with Crippen molar-refractivity contribution in [2.45, 2.75) is 6.42 Å². The molecule has 3 rings (SSSR count). The van der Waals surface area contributed by atoms with Gasteiger partial charge in [0.15, 0.2) is 5.01 Å². The summed E-state index contributed by atoms with van der Waals surface area (Å²) in [5.74, 6) is -0.00298. The van der Waals surface area contributed by atoms with Crippen molar-refractivity contribution in [3.8, 4) is 10.6 Å². The highest BCUT2D eigenvalue weighted by Gasteiger charge is 2.11. The number of hydrogen-bond donors (Lipinski definition) is 2. The molecule has 1 aromatic carbocycles. The normalized spacial score (nSPS) is 10.9. The summed E-state index contributed by atoms with van der Waals surface area (Å²) in [5.41, 5.74) is 0.757.